The van der Waals surface area contributed by atoms with Gasteiger partial charge < -0.3 is 10.1 Å². The molecule has 0 atom stereocenters. The summed E-state index contributed by atoms with van der Waals surface area (Å²) in [5, 5.41) is 3.13. The summed E-state index contributed by atoms with van der Waals surface area (Å²) in [5.74, 6) is -1.99. The minimum absolute atomic E-state index is 0.204. The lowest BCUT2D eigenvalue weighted by molar-refractivity contribution is 0.403. The van der Waals surface area contributed by atoms with Gasteiger partial charge in [0.2, 0.25) is 11.7 Å². The zero-order chi connectivity index (χ0) is 14.5. The molecular formula is C14H13BrF2N2O. The van der Waals surface area contributed by atoms with E-state index in [1.165, 1.54) is 6.07 Å². The molecule has 1 heterocycles. The van der Waals surface area contributed by atoms with E-state index < -0.39 is 11.6 Å². The first-order chi connectivity index (χ1) is 9.60. The molecule has 0 aliphatic heterocycles. The first-order valence-electron chi connectivity index (χ1n) is 6.09. The predicted octanol–water partition coefficient (Wildman–Crippen LogP) is 4.02. The van der Waals surface area contributed by atoms with Crippen LogP contribution in [0.1, 0.15) is 12.6 Å². The van der Waals surface area contributed by atoms with Gasteiger partial charge in [0.25, 0.3) is 0 Å². The van der Waals surface area contributed by atoms with Gasteiger partial charge in [0, 0.05) is 17.1 Å². The lowest BCUT2D eigenvalue weighted by Gasteiger charge is -2.08. The third-order valence-corrected chi connectivity index (χ3v) is 2.97. The number of aromatic nitrogens is 1. The van der Waals surface area contributed by atoms with Crippen LogP contribution in [-0.2, 0) is 6.54 Å². The van der Waals surface area contributed by atoms with E-state index in [9.17, 15) is 8.78 Å². The van der Waals surface area contributed by atoms with Gasteiger partial charge in [0.05, 0.1) is 5.69 Å². The number of ether oxygens (including phenoxy) is 1. The van der Waals surface area contributed by atoms with E-state index in [1.54, 1.807) is 12.1 Å². The average Bonchev–Trinajstić information content (AvgIpc) is 2.42. The largest absolute Gasteiger partial charge is 0.436 e. The van der Waals surface area contributed by atoms with Crippen LogP contribution in [0.15, 0.2) is 34.8 Å². The monoisotopic (exact) mass is 342 g/mol. The number of hydrogen-bond acceptors (Lipinski definition) is 3. The highest BCUT2D eigenvalue weighted by Crippen LogP contribution is 2.28. The summed E-state index contributed by atoms with van der Waals surface area (Å²) >= 11 is 3.09. The highest BCUT2D eigenvalue weighted by atomic mass is 79.9. The molecule has 1 aromatic carbocycles. The number of benzene rings is 1. The Morgan fingerprint density at radius 2 is 2.10 bits per heavy atom. The van der Waals surface area contributed by atoms with Crippen LogP contribution in [-0.4, -0.2) is 11.5 Å². The Balaban J connectivity index is 2.21. The predicted molar refractivity (Wildman–Crippen MR) is 75.7 cm³/mol. The highest BCUT2D eigenvalue weighted by Gasteiger charge is 2.12. The number of nitrogens with zero attached hydrogens (tertiary/aromatic N) is 1. The van der Waals surface area contributed by atoms with Crippen LogP contribution in [0.25, 0.3) is 0 Å². The van der Waals surface area contributed by atoms with Crippen molar-refractivity contribution in [3.63, 3.8) is 0 Å². The fourth-order valence-corrected chi connectivity index (χ4v) is 1.99. The van der Waals surface area contributed by atoms with Crippen LogP contribution in [0.2, 0.25) is 0 Å². The van der Waals surface area contributed by atoms with Crippen LogP contribution in [0, 0.1) is 11.6 Å². The SMILES string of the molecule is CCNCc1cccc(Oc2cc(Br)cc(F)c2F)n1. The van der Waals surface area contributed by atoms with Gasteiger partial charge in [-0.05, 0) is 24.7 Å². The van der Waals surface area contributed by atoms with E-state index in [1.807, 2.05) is 13.0 Å². The lowest BCUT2D eigenvalue weighted by Crippen LogP contribution is -2.12. The number of rotatable bonds is 5. The highest BCUT2D eigenvalue weighted by molar-refractivity contribution is 9.10. The topological polar surface area (TPSA) is 34.1 Å². The first-order valence-corrected chi connectivity index (χ1v) is 6.88. The van der Waals surface area contributed by atoms with Crippen molar-refractivity contribution >= 4 is 15.9 Å². The standard InChI is InChI=1S/C14H13BrF2N2O/c1-2-18-8-10-4-3-5-13(19-10)20-12-7-9(15)6-11(16)14(12)17/h3-7,18H,2,8H2,1H3. The summed E-state index contributed by atoms with van der Waals surface area (Å²) in [6.07, 6.45) is 0. The smallest absolute Gasteiger partial charge is 0.219 e. The van der Waals surface area contributed by atoms with Gasteiger partial charge in [0.1, 0.15) is 0 Å². The van der Waals surface area contributed by atoms with Gasteiger partial charge in [-0.15, -0.1) is 0 Å². The Kier molecular flexibility index (Phi) is 5.03. The van der Waals surface area contributed by atoms with Gasteiger partial charge in [-0.1, -0.05) is 28.9 Å². The Morgan fingerprint density at radius 3 is 2.85 bits per heavy atom. The van der Waals surface area contributed by atoms with Crippen molar-refractivity contribution in [2.24, 2.45) is 0 Å². The number of halogens is 3. The van der Waals surface area contributed by atoms with Gasteiger partial charge >= 0.3 is 0 Å². The minimum Gasteiger partial charge on any atom is -0.436 e. The molecule has 0 unspecified atom stereocenters. The van der Waals surface area contributed by atoms with Crippen LogP contribution < -0.4 is 10.1 Å². The molecule has 6 heteroatoms. The zero-order valence-corrected chi connectivity index (χ0v) is 12.4. The normalized spacial score (nSPS) is 10.6. The Labute approximate surface area is 124 Å². The van der Waals surface area contributed by atoms with Crippen LogP contribution in [0.4, 0.5) is 8.78 Å². The van der Waals surface area contributed by atoms with E-state index in [-0.39, 0.29) is 11.6 Å². The van der Waals surface area contributed by atoms with E-state index in [0.717, 1.165) is 18.3 Å². The molecule has 1 N–H and O–H groups in total. The van der Waals surface area contributed by atoms with E-state index in [0.29, 0.717) is 11.0 Å². The fraction of sp³-hybridized carbons (Fsp3) is 0.214. The molecule has 0 radical (unpaired) electrons. The molecule has 1 aromatic heterocycles. The van der Waals surface area contributed by atoms with Crippen molar-refractivity contribution < 1.29 is 13.5 Å². The van der Waals surface area contributed by atoms with Crippen LogP contribution in [0.3, 0.4) is 0 Å². The molecule has 3 nitrogen and oxygen atoms in total. The summed E-state index contributed by atoms with van der Waals surface area (Å²) in [6.45, 7) is 3.39. The van der Waals surface area contributed by atoms with Crippen molar-refractivity contribution in [3.8, 4) is 11.6 Å². The van der Waals surface area contributed by atoms with Crippen molar-refractivity contribution in [1.29, 1.82) is 0 Å². The summed E-state index contributed by atoms with van der Waals surface area (Å²) in [4.78, 5) is 4.22. The molecule has 0 amide bonds. The Bertz CT molecular complexity index is 608. The number of hydrogen-bond donors (Lipinski definition) is 1. The van der Waals surface area contributed by atoms with Gasteiger partial charge in [-0.25, -0.2) is 9.37 Å². The van der Waals surface area contributed by atoms with Crippen molar-refractivity contribution in [2.75, 3.05) is 6.54 Å². The maximum absolute atomic E-state index is 13.6. The number of pyridine rings is 1. The van der Waals surface area contributed by atoms with Gasteiger partial charge in [0.15, 0.2) is 11.6 Å². The minimum atomic E-state index is -1.04. The third-order valence-electron chi connectivity index (χ3n) is 2.51. The van der Waals surface area contributed by atoms with Crippen molar-refractivity contribution in [1.82, 2.24) is 10.3 Å². The van der Waals surface area contributed by atoms with Crippen LogP contribution >= 0.6 is 15.9 Å². The zero-order valence-electron chi connectivity index (χ0n) is 10.8. The molecule has 0 bridgehead atoms. The maximum atomic E-state index is 13.6. The fourth-order valence-electron chi connectivity index (χ4n) is 1.59. The number of nitrogens with one attached hydrogen (secondary N) is 1. The molecule has 106 valence electrons. The van der Waals surface area contributed by atoms with E-state index in [2.05, 4.69) is 26.2 Å². The molecular weight excluding hydrogens is 330 g/mol. The van der Waals surface area contributed by atoms with Crippen molar-refractivity contribution in [2.45, 2.75) is 13.5 Å². The molecule has 2 rings (SSSR count). The maximum Gasteiger partial charge on any atom is 0.219 e. The second-order valence-electron chi connectivity index (χ2n) is 4.05. The molecule has 0 aliphatic rings. The summed E-state index contributed by atoms with van der Waals surface area (Å²) in [6, 6.07) is 7.57. The quantitative estimate of drug-likeness (QED) is 0.833. The molecule has 0 aliphatic carbocycles. The summed E-state index contributed by atoms with van der Waals surface area (Å²) < 4.78 is 32.6. The summed E-state index contributed by atoms with van der Waals surface area (Å²) in [7, 11) is 0. The molecule has 0 saturated carbocycles. The van der Waals surface area contributed by atoms with Crippen molar-refractivity contribution in [3.05, 3.63) is 52.1 Å². The molecule has 0 spiro atoms. The second-order valence-corrected chi connectivity index (χ2v) is 4.96. The third kappa shape index (κ3) is 3.74. The van der Waals surface area contributed by atoms with Gasteiger partial charge in [-0.3, -0.25) is 0 Å². The first kappa shape index (κ1) is 14.9. The Hall–Kier alpha value is -1.53. The Morgan fingerprint density at radius 1 is 1.30 bits per heavy atom. The molecule has 20 heavy (non-hydrogen) atoms. The summed E-state index contributed by atoms with van der Waals surface area (Å²) in [5.41, 5.74) is 0.764. The van der Waals surface area contributed by atoms with Crippen LogP contribution in [0.5, 0.6) is 11.6 Å². The lowest BCUT2D eigenvalue weighted by atomic mass is 10.3. The average molecular weight is 343 g/mol. The molecule has 2 aromatic rings. The second kappa shape index (κ2) is 6.76. The van der Waals surface area contributed by atoms with E-state index in [4.69, 9.17) is 4.74 Å². The van der Waals surface area contributed by atoms with E-state index >= 15 is 0 Å². The molecule has 0 saturated heterocycles. The van der Waals surface area contributed by atoms with Gasteiger partial charge in [-0.2, -0.15) is 4.39 Å². The molecule has 0 fully saturated rings.